The second-order valence-electron chi connectivity index (χ2n) is 10.00. The van der Waals surface area contributed by atoms with Gasteiger partial charge in [0.05, 0.1) is 31.9 Å². The van der Waals surface area contributed by atoms with Crippen molar-refractivity contribution < 1.29 is 19.0 Å². The third-order valence-electron chi connectivity index (χ3n) is 6.84. The second-order valence-corrected chi connectivity index (χ2v) is 10.00. The fraction of sp³-hybridized carbons (Fsp3) is 0.375. The summed E-state index contributed by atoms with van der Waals surface area (Å²) in [7, 11) is 3.13. The zero-order valence-corrected chi connectivity index (χ0v) is 23.6. The Kier molecular flexibility index (Phi) is 9.47. The molecule has 4 rings (SSSR count). The van der Waals surface area contributed by atoms with Crippen LogP contribution < -0.4 is 19.5 Å². The van der Waals surface area contributed by atoms with E-state index >= 15 is 0 Å². The summed E-state index contributed by atoms with van der Waals surface area (Å²) in [5.41, 5.74) is 5.06. The van der Waals surface area contributed by atoms with Crippen LogP contribution in [0.1, 0.15) is 59.9 Å². The lowest BCUT2D eigenvalue weighted by Crippen LogP contribution is -2.26. The molecule has 0 saturated heterocycles. The number of hydrogen-bond acceptors (Lipinski definition) is 5. The number of rotatable bonds is 13. The van der Waals surface area contributed by atoms with Gasteiger partial charge in [0.1, 0.15) is 11.6 Å². The van der Waals surface area contributed by atoms with E-state index in [0.717, 1.165) is 42.0 Å². The van der Waals surface area contributed by atoms with Crippen LogP contribution in [0, 0.1) is 6.92 Å². The number of aromatic nitrogens is 2. The normalized spacial score (nSPS) is 11.1. The van der Waals surface area contributed by atoms with Crippen LogP contribution in [0.5, 0.6) is 17.2 Å². The number of hydrogen-bond donors (Lipinski definition) is 1. The molecule has 0 fully saturated rings. The zero-order chi connectivity index (χ0) is 27.8. The van der Waals surface area contributed by atoms with Gasteiger partial charge in [0.2, 0.25) is 0 Å². The number of ether oxygens (including phenoxy) is 3. The number of aryl methyl sites for hydroxylation is 2. The lowest BCUT2D eigenvalue weighted by Gasteiger charge is -2.15. The first-order chi connectivity index (χ1) is 18.9. The van der Waals surface area contributed by atoms with Crippen LogP contribution >= 0.6 is 0 Å². The highest BCUT2D eigenvalue weighted by molar-refractivity contribution is 5.94. The van der Waals surface area contributed by atoms with E-state index in [9.17, 15) is 4.79 Å². The fourth-order valence-corrected chi connectivity index (χ4v) is 4.73. The van der Waals surface area contributed by atoms with Gasteiger partial charge in [0.15, 0.2) is 11.5 Å². The quantitative estimate of drug-likeness (QED) is 0.205. The number of carbonyl (C=O) groups is 1. The van der Waals surface area contributed by atoms with Crippen molar-refractivity contribution in [2.75, 3.05) is 27.4 Å². The standard InChI is InChI=1S/C32H39N3O4/c1-22(2)25-14-12-23(3)20-29(25)39-19-9-8-18-35-27-11-7-6-10-26(27)34-31(35)16-17-33-32(36)24-13-15-28(37-4)30(21-24)38-5/h6-7,10-15,20-22H,8-9,16-19H2,1-5H3,(H,33,36). The van der Waals surface area contributed by atoms with E-state index in [-0.39, 0.29) is 5.91 Å². The molecule has 0 aliphatic carbocycles. The van der Waals surface area contributed by atoms with Gasteiger partial charge in [-0.05, 0) is 73.2 Å². The smallest absolute Gasteiger partial charge is 0.251 e. The number of methoxy groups -OCH3 is 2. The molecule has 1 heterocycles. The van der Waals surface area contributed by atoms with E-state index in [4.69, 9.17) is 19.2 Å². The Hall–Kier alpha value is -4.00. The molecule has 0 spiro atoms. The first-order valence-electron chi connectivity index (χ1n) is 13.6. The number of para-hydroxylation sites is 2. The maximum atomic E-state index is 12.8. The summed E-state index contributed by atoms with van der Waals surface area (Å²) in [5, 5.41) is 3.01. The van der Waals surface area contributed by atoms with Crippen LogP contribution in [0.15, 0.2) is 60.7 Å². The Bertz CT molecular complexity index is 1410. The van der Waals surface area contributed by atoms with E-state index in [0.29, 0.717) is 42.6 Å². The van der Waals surface area contributed by atoms with Crippen LogP contribution in [0.3, 0.4) is 0 Å². The summed E-state index contributed by atoms with van der Waals surface area (Å²) in [4.78, 5) is 17.6. The molecule has 1 amide bonds. The predicted octanol–water partition coefficient (Wildman–Crippen LogP) is 6.32. The third kappa shape index (κ3) is 6.91. The van der Waals surface area contributed by atoms with E-state index in [1.807, 2.05) is 18.2 Å². The van der Waals surface area contributed by atoms with Gasteiger partial charge in [-0.25, -0.2) is 4.98 Å². The molecule has 1 aromatic heterocycles. The van der Waals surface area contributed by atoms with Crippen LogP contribution in [-0.2, 0) is 13.0 Å². The summed E-state index contributed by atoms with van der Waals surface area (Å²) in [6, 6.07) is 19.8. The monoisotopic (exact) mass is 529 g/mol. The van der Waals surface area contributed by atoms with Gasteiger partial charge >= 0.3 is 0 Å². The maximum Gasteiger partial charge on any atom is 0.251 e. The third-order valence-corrected chi connectivity index (χ3v) is 6.84. The van der Waals surface area contributed by atoms with Crippen molar-refractivity contribution in [1.29, 1.82) is 0 Å². The van der Waals surface area contributed by atoms with Crippen molar-refractivity contribution in [2.45, 2.75) is 52.5 Å². The van der Waals surface area contributed by atoms with Gasteiger partial charge in [-0.2, -0.15) is 0 Å². The number of amides is 1. The highest BCUT2D eigenvalue weighted by Crippen LogP contribution is 2.28. The lowest BCUT2D eigenvalue weighted by atomic mass is 10.0. The largest absolute Gasteiger partial charge is 0.493 e. The molecule has 0 radical (unpaired) electrons. The molecule has 1 N–H and O–H groups in total. The van der Waals surface area contributed by atoms with Gasteiger partial charge < -0.3 is 24.1 Å². The summed E-state index contributed by atoms with van der Waals surface area (Å²) in [5.74, 6) is 3.33. The molecule has 0 saturated carbocycles. The van der Waals surface area contributed by atoms with Crippen LogP contribution in [0.2, 0.25) is 0 Å². The lowest BCUT2D eigenvalue weighted by molar-refractivity contribution is 0.0953. The van der Waals surface area contributed by atoms with Gasteiger partial charge in [-0.3, -0.25) is 4.79 Å². The SMILES string of the molecule is COc1ccc(C(=O)NCCc2nc3ccccc3n2CCCCOc2cc(C)ccc2C(C)C)cc1OC. The Morgan fingerprint density at radius 2 is 1.74 bits per heavy atom. The van der Waals surface area contributed by atoms with Crippen molar-refractivity contribution in [1.82, 2.24) is 14.9 Å². The number of benzene rings is 3. The molecule has 0 atom stereocenters. The fourth-order valence-electron chi connectivity index (χ4n) is 4.73. The van der Waals surface area contributed by atoms with Gasteiger partial charge in [-0.1, -0.05) is 38.1 Å². The molecule has 7 heteroatoms. The van der Waals surface area contributed by atoms with Crippen molar-refractivity contribution in [3.8, 4) is 17.2 Å². The number of imidazole rings is 1. The van der Waals surface area contributed by atoms with E-state index < -0.39 is 0 Å². The molecule has 7 nitrogen and oxygen atoms in total. The minimum atomic E-state index is -0.160. The number of unbranched alkanes of at least 4 members (excludes halogenated alkanes) is 1. The zero-order valence-electron chi connectivity index (χ0n) is 23.6. The van der Waals surface area contributed by atoms with E-state index in [2.05, 4.69) is 54.9 Å². The molecule has 206 valence electrons. The van der Waals surface area contributed by atoms with Crippen molar-refractivity contribution >= 4 is 16.9 Å². The summed E-state index contributed by atoms with van der Waals surface area (Å²) in [6.45, 7) is 8.48. The molecule has 3 aromatic carbocycles. The molecule has 39 heavy (non-hydrogen) atoms. The number of fused-ring (bicyclic) bond motifs is 1. The summed E-state index contributed by atoms with van der Waals surface area (Å²) < 4.78 is 19.0. The topological polar surface area (TPSA) is 74.6 Å². The molecule has 0 bridgehead atoms. The predicted molar refractivity (Wildman–Crippen MR) is 155 cm³/mol. The minimum Gasteiger partial charge on any atom is -0.493 e. The molecule has 0 unspecified atom stereocenters. The van der Waals surface area contributed by atoms with E-state index in [1.165, 1.54) is 11.1 Å². The summed E-state index contributed by atoms with van der Waals surface area (Å²) >= 11 is 0. The number of nitrogens with zero attached hydrogens (tertiary/aromatic N) is 2. The Morgan fingerprint density at radius 1 is 0.949 bits per heavy atom. The first kappa shape index (κ1) is 28.0. The van der Waals surface area contributed by atoms with Gasteiger partial charge in [0, 0.05) is 25.1 Å². The van der Waals surface area contributed by atoms with Crippen LogP contribution in [-0.4, -0.2) is 42.8 Å². The van der Waals surface area contributed by atoms with Gasteiger partial charge in [-0.15, -0.1) is 0 Å². The average Bonchev–Trinajstić information content (AvgIpc) is 3.29. The Morgan fingerprint density at radius 3 is 2.51 bits per heavy atom. The van der Waals surface area contributed by atoms with Crippen LogP contribution in [0.25, 0.3) is 11.0 Å². The van der Waals surface area contributed by atoms with Gasteiger partial charge in [0.25, 0.3) is 5.91 Å². The highest BCUT2D eigenvalue weighted by Gasteiger charge is 2.14. The molecule has 4 aromatic rings. The van der Waals surface area contributed by atoms with Crippen LogP contribution in [0.4, 0.5) is 0 Å². The molecule has 0 aliphatic rings. The molecule has 0 aliphatic heterocycles. The average molecular weight is 530 g/mol. The minimum absolute atomic E-state index is 0.160. The maximum absolute atomic E-state index is 12.8. The second kappa shape index (κ2) is 13.2. The van der Waals surface area contributed by atoms with E-state index in [1.54, 1.807) is 32.4 Å². The van der Waals surface area contributed by atoms with Crippen molar-refractivity contribution in [2.24, 2.45) is 0 Å². The molecular weight excluding hydrogens is 490 g/mol. The molecular formula is C32H39N3O4. The Balaban J connectivity index is 1.35. The highest BCUT2D eigenvalue weighted by atomic mass is 16.5. The van der Waals surface area contributed by atoms with Crippen molar-refractivity contribution in [3.63, 3.8) is 0 Å². The van der Waals surface area contributed by atoms with Crippen molar-refractivity contribution in [3.05, 3.63) is 83.2 Å². The first-order valence-corrected chi connectivity index (χ1v) is 13.6. The number of nitrogens with one attached hydrogen (secondary N) is 1. The Labute approximate surface area is 231 Å². The number of carbonyl (C=O) groups excluding carboxylic acids is 1. The summed E-state index contributed by atoms with van der Waals surface area (Å²) in [6.07, 6.45) is 2.53.